The number of nitrogens with one attached hydrogen (secondary N) is 2. The van der Waals surface area contributed by atoms with Crippen molar-refractivity contribution in [2.24, 2.45) is 0 Å². The zero-order valence-electron chi connectivity index (χ0n) is 20.3. The topological polar surface area (TPSA) is 120 Å². The average molecular weight is 511 g/mol. The number of para-hydroxylation sites is 1. The Morgan fingerprint density at radius 3 is 2.25 bits per heavy atom. The van der Waals surface area contributed by atoms with Gasteiger partial charge in [0.2, 0.25) is 0 Å². The molecule has 0 aliphatic carbocycles. The average Bonchev–Trinajstić information content (AvgIpc) is 3.19. The minimum absolute atomic E-state index is 0.0922. The number of hydrogen-bond acceptors (Lipinski definition) is 8. The van der Waals surface area contributed by atoms with Crippen molar-refractivity contribution in [1.82, 2.24) is 0 Å². The van der Waals surface area contributed by atoms with E-state index in [9.17, 15) is 19.2 Å². The van der Waals surface area contributed by atoms with Crippen molar-refractivity contribution in [3.63, 3.8) is 0 Å². The zero-order valence-corrected chi connectivity index (χ0v) is 21.1. The molecule has 0 radical (unpaired) electrons. The van der Waals surface area contributed by atoms with Gasteiger partial charge in [-0.15, -0.1) is 11.3 Å². The van der Waals surface area contributed by atoms with Gasteiger partial charge in [0, 0.05) is 5.69 Å². The van der Waals surface area contributed by atoms with Crippen molar-refractivity contribution in [1.29, 1.82) is 0 Å². The third-order valence-corrected chi connectivity index (χ3v) is 6.31. The molecule has 0 saturated carbocycles. The first-order valence-corrected chi connectivity index (χ1v) is 11.8. The Morgan fingerprint density at radius 1 is 0.917 bits per heavy atom. The fraction of sp³-hybridized carbons (Fsp3) is 0.231. The second-order valence-corrected chi connectivity index (χ2v) is 8.63. The van der Waals surface area contributed by atoms with E-state index in [0.29, 0.717) is 22.6 Å². The van der Waals surface area contributed by atoms with Gasteiger partial charge in [-0.25, -0.2) is 9.59 Å². The second-order valence-electron chi connectivity index (χ2n) is 7.61. The number of carbonyl (C=O) groups is 4. The van der Waals surface area contributed by atoms with Crippen LogP contribution in [0, 0.1) is 13.8 Å². The van der Waals surface area contributed by atoms with Crippen LogP contribution in [0.5, 0.6) is 5.75 Å². The maximum absolute atomic E-state index is 13.0. The summed E-state index contributed by atoms with van der Waals surface area (Å²) in [6.07, 6.45) is 0. The van der Waals surface area contributed by atoms with Gasteiger partial charge in [0.25, 0.3) is 11.8 Å². The molecule has 0 bridgehead atoms. The Balaban J connectivity index is 1.76. The number of thiophene rings is 1. The highest BCUT2D eigenvalue weighted by atomic mass is 32.1. The van der Waals surface area contributed by atoms with Crippen LogP contribution in [0.1, 0.15) is 48.4 Å². The third-order valence-electron chi connectivity index (χ3n) is 5.10. The first-order valence-electron chi connectivity index (χ1n) is 11.0. The second kappa shape index (κ2) is 12.0. The lowest BCUT2D eigenvalue weighted by atomic mass is 10.1. The van der Waals surface area contributed by atoms with E-state index in [2.05, 4.69) is 10.6 Å². The molecular formula is C26H26N2O7S. The van der Waals surface area contributed by atoms with Crippen LogP contribution in [-0.2, 0) is 14.3 Å². The van der Waals surface area contributed by atoms with Gasteiger partial charge < -0.3 is 24.8 Å². The van der Waals surface area contributed by atoms with E-state index in [-0.39, 0.29) is 28.7 Å². The lowest BCUT2D eigenvalue weighted by Crippen LogP contribution is -2.21. The van der Waals surface area contributed by atoms with E-state index in [1.807, 2.05) is 19.1 Å². The highest BCUT2D eigenvalue weighted by Crippen LogP contribution is 2.34. The lowest BCUT2D eigenvalue weighted by molar-refractivity contribution is -0.118. The van der Waals surface area contributed by atoms with E-state index in [1.54, 1.807) is 38.1 Å². The van der Waals surface area contributed by atoms with Crippen molar-refractivity contribution in [2.45, 2.75) is 20.8 Å². The maximum Gasteiger partial charge on any atom is 0.341 e. The number of rotatable bonds is 9. The Hall–Kier alpha value is -4.18. The van der Waals surface area contributed by atoms with Crippen molar-refractivity contribution < 1.29 is 33.4 Å². The molecule has 0 fully saturated rings. The molecule has 2 aromatic carbocycles. The predicted octanol–water partition coefficient (Wildman–Crippen LogP) is 4.60. The molecule has 3 aromatic rings. The van der Waals surface area contributed by atoms with Gasteiger partial charge in [-0.1, -0.05) is 18.2 Å². The standard InChI is InChI=1S/C26H26N2O7S/c1-5-34-25(31)17-10-12-18(13-11-17)27-23(30)22-16(3)21(26(32)33-4)24(36-22)28-20(29)14-35-19-9-7-6-8-15(19)2/h6-13H,5,14H2,1-4H3,(H,27,30)(H,28,29). The molecule has 9 nitrogen and oxygen atoms in total. The van der Waals surface area contributed by atoms with Crippen LogP contribution in [0.25, 0.3) is 0 Å². The Kier molecular flexibility index (Phi) is 8.80. The first kappa shape index (κ1) is 26.4. The number of anilines is 2. The molecule has 3 rings (SSSR count). The summed E-state index contributed by atoms with van der Waals surface area (Å²) < 4.78 is 15.4. The normalized spacial score (nSPS) is 10.3. The van der Waals surface area contributed by atoms with Crippen molar-refractivity contribution in [3.8, 4) is 5.75 Å². The monoisotopic (exact) mass is 510 g/mol. The third kappa shape index (κ3) is 6.28. The SMILES string of the molecule is CCOC(=O)c1ccc(NC(=O)c2sc(NC(=O)COc3ccccc3C)c(C(=O)OC)c2C)cc1. The van der Waals surface area contributed by atoms with Gasteiger partial charge in [-0.05, 0) is 62.2 Å². The Labute approximate surface area is 212 Å². The smallest absolute Gasteiger partial charge is 0.341 e. The minimum atomic E-state index is -0.684. The number of hydrogen-bond donors (Lipinski definition) is 2. The van der Waals surface area contributed by atoms with Gasteiger partial charge in [-0.3, -0.25) is 9.59 Å². The van der Waals surface area contributed by atoms with Gasteiger partial charge in [0.1, 0.15) is 10.8 Å². The molecule has 2 N–H and O–H groups in total. The van der Waals surface area contributed by atoms with Crippen molar-refractivity contribution >= 4 is 45.8 Å². The molecule has 0 atom stereocenters. The van der Waals surface area contributed by atoms with E-state index in [4.69, 9.17) is 14.2 Å². The molecule has 0 unspecified atom stereocenters. The molecule has 0 aliphatic heterocycles. The summed E-state index contributed by atoms with van der Waals surface area (Å²) in [5, 5.41) is 5.56. The molecule has 1 aromatic heterocycles. The van der Waals surface area contributed by atoms with Crippen molar-refractivity contribution in [2.75, 3.05) is 31.0 Å². The van der Waals surface area contributed by atoms with Crippen molar-refractivity contribution in [3.05, 3.63) is 75.7 Å². The molecule has 10 heteroatoms. The predicted molar refractivity (Wildman–Crippen MR) is 136 cm³/mol. The molecular weight excluding hydrogens is 484 g/mol. The van der Waals surface area contributed by atoms with E-state index >= 15 is 0 Å². The number of esters is 2. The van der Waals surface area contributed by atoms with Gasteiger partial charge >= 0.3 is 11.9 Å². The van der Waals surface area contributed by atoms with Crippen LogP contribution in [-0.4, -0.2) is 44.1 Å². The van der Waals surface area contributed by atoms with E-state index in [1.165, 1.54) is 19.2 Å². The van der Waals surface area contributed by atoms with Crippen LogP contribution in [0.2, 0.25) is 0 Å². The quantitative estimate of drug-likeness (QED) is 0.404. The van der Waals surface area contributed by atoms with Crippen LogP contribution in [0.3, 0.4) is 0 Å². The number of ether oxygens (including phenoxy) is 3. The fourth-order valence-corrected chi connectivity index (χ4v) is 4.39. The highest BCUT2D eigenvalue weighted by Gasteiger charge is 2.26. The summed E-state index contributed by atoms with van der Waals surface area (Å²) in [6.45, 7) is 5.15. The van der Waals surface area contributed by atoms with Gasteiger partial charge in [0.05, 0.1) is 29.7 Å². The van der Waals surface area contributed by atoms with Gasteiger partial charge in [-0.2, -0.15) is 0 Å². The van der Waals surface area contributed by atoms with E-state index < -0.39 is 23.8 Å². The molecule has 0 aliphatic rings. The first-order chi connectivity index (χ1) is 17.2. The van der Waals surface area contributed by atoms with Crippen LogP contribution >= 0.6 is 11.3 Å². The number of benzene rings is 2. The Bertz CT molecular complexity index is 1280. The maximum atomic E-state index is 13.0. The zero-order chi connectivity index (χ0) is 26.2. The number of carbonyl (C=O) groups excluding carboxylic acids is 4. The largest absolute Gasteiger partial charge is 0.483 e. The number of aryl methyl sites for hydroxylation is 1. The van der Waals surface area contributed by atoms with E-state index in [0.717, 1.165) is 16.9 Å². The van der Waals surface area contributed by atoms with Crippen LogP contribution < -0.4 is 15.4 Å². The Morgan fingerprint density at radius 2 is 1.61 bits per heavy atom. The molecule has 1 heterocycles. The number of amides is 2. The summed E-state index contributed by atoms with van der Waals surface area (Å²) in [5.74, 6) is -1.55. The van der Waals surface area contributed by atoms with Crippen LogP contribution in [0.15, 0.2) is 48.5 Å². The molecule has 0 saturated heterocycles. The number of methoxy groups -OCH3 is 1. The summed E-state index contributed by atoms with van der Waals surface area (Å²) >= 11 is 0.950. The molecule has 188 valence electrons. The summed E-state index contributed by atoms with van der Waals surface area (Å²) in [7, 11) is 1.22. The molecule has 0 spiro atoms. The highest BCUT2D eigenvalue weighted by molar-refractivity contribution is 7.19. The minimum Gasteiger partial charge on any atom is -0.483 e. The van der Waals surface area contributed by atoms with Crippen LogP contribution in [0.4, 0.5) is 10.7 Å². The lowest BCUT2D eigenvalue weighted by Gasteiger charge is -2.09. The molecule has 36 heavy (non-hydrogen) atoms. The fourth-order valence-electron chi connectivity index (χ4n) is 3.28. The summed E-state index contributed by atoms with van der Waals surface area (Å²) in [4.78, 5) is 50.0. The molecule has 2 amide bonds. The summed E-state index contributed by atoms with van der Waals surface area (Å²) in [5.41, 5.74) is 2.13. The summed E-state index contributed by atoms with van der Waals surface area (Å²) in [6, 6.07) is 13.5. The van der Waals surface area contributed by atoms with Gasteiger partial charge in [0.15, 0.2) is 6.61 Å².